The average molecular weight is 335 g/mol. The number of carbonyl (C=O) groups excluding carboxylic acids is 1. The van der Waals surface area contributed by atoms with Crippen molar-refractivity contribution in [1.29, 1.82) is 0 Å². The Morgan fingerprint density at radius 2 is 2.08 bits per heavy atom. The summed E-state index contributed by atoms with van der Waals surface area (Å²) in [7, 11) is 0. The third kappa shape index (κ3) is 3.35. The second-order valence-corrected chi connectivity index (χ2v) is 5.90. The van der Waals surface area contributed by atoms with Gasteiger partial charge in [0.15, 0.2) is 5.65 Å². The van der Waals surface area contributed by atoms with Gasteiger partial charge in [-0.3, -0.25) is 4.79 Å². The second-order valence-electron chi connectivity index (χ2n) is 5.90. The summed E-state index contributed by atoms with van der Waals surface area (Å²) in [6.07, 6.45) is 2.96. The lowest BCUT2D eigenvalue weighted by atomic mass is 10.0. The topological polar surface area (TPSA) is 80.9 Å². The monoisotopic (exact) mass is 335 g/mol. The van der Waals surface area contributed by atoms with Crippen molar-refractivity contribution in [3.63, 3.8) is 0 Å². The zero-order chi connectivity index (χ0) is 17.1. The first kappa shape index (κ1) is 15.3. The molecule has 0 radical (unpaired) electrons. The van der Waals surface area contributed by atoms with Crippen LogP contribution in [0.1, 0.15) is 22.5 Å². The van der Waals surface area contributed by atoms with Gasteiger partial charge in [-0.25, -0.2) is 9.50 Å². The van der Waals surface area contributed by atoms with E-state index < -0.39 is 0 Å². The summed E-state index contributed by atoms with van der Waals surface area (Å²) < 4.78 is 1.51. The maximum Gasteiger partial charge on any atom is 0.270 e. The molecule has 1 aromatic carbocycles. The van der Waals surface area contributed by atoms with E-state index in [4.69, 9.17) is 4.84 Å². The van der Waals surface area contributed by atoms with Crippen molar-refractivity contribution in [2.75, 3.05) is 6.54 Å². The molecule has 0 bridgehead atoms. The zero-order valence-corrected chi connectivity index (χ0v) is 13.5. The van der Waals surface area contributed by atoms with Crippen LogP contribution in [0.5, 0.6) is 0 Å². The number of pyridine rings is 1. The molecule has 7 nitrogen and oxygen atoms in total. The Hall–Kier alpha value is -3.22. The molecule has 4 rings (SSSR count). The number of hydrogen-bond donors (Lipinski definition) is 1. The van der Waals surface area contributed by atoms with E-state index in [0.29, 0.717) is 24.3 Å². The van der Waals surface area contributed by atoms with Crippen LogP contribution in [0, 0.1) is 0 Å². The number of aromatic nitrogens is 3. The summed E-state index contributed by atoms with van der Waals surface area (Å²) in [6.45, 7) is 0.356. The number of fused-ring (bicyclic) bond motifs is 1. The van der Waals surface area contributed by atoms with Crippen LogP contribution in [0.25, 0.3) is 5.65 Å². The van der Waals surface area contributed by atoms with Crippen LogP contribution in [-0.4, -0.2) is 38.9 Å². The Balaban J connectivity index is 1.33. The highest BCUT2D eigenvalue weighted by atomic mass is 16.6. The molecule has 25 heavy (non-hydrogen) atoms. The number of amides is 1. The van der Waals surface area contributed by atoms with E-state index >= 15 is 0 Å². The Morgan fingerprint density at radius 1 is 1.20 bits per heavy atom. The molecule has 3 heterocycles. The van der Waals surface area contributed by atoms with Crippen molar-refractivity contribution in [3.8, 4) is 0 Å². The zero-order valence-electron chi connectivity index (χ0n) is 13.5. The van der Waals surface area contributed by atoms with Gasteiger partial charge < -0.3 is 10.2 Å². The Labute approximate surface area is 144 Å². The lowest BCUT2D eigenvalue weighted by Crippen LogP contribution is -2.31. The van der Waals surface area contributed by atoms with Gasteiger partial charge in [-0.2, -0.15) is 5.10 Å². The summed E-state index contributed by atoms with van der Waals surface area (Å²) in [5, 5.41) is 11.0. The molecule has 126 valence electrons. The Bertz CT molecular complexity index is 919. The van der Waals surface area contributed by atoms with Crippen LogP contribution in [0.15, 0.2) is 60.0 Å². The number of nitrogens with one attached hydrogen (secondary N) is 1. The van der Waals surface area contributed by atoms with Gasteiger partial charge in [-0.05, 0) is 17.7 Å². The predicted molar refractivity (Wildman–Crippen MR) is 92.4 cm³/mol. The summed E-state index contributed by atoms with van der Waals surface area (Å²) in [5.74, 6) is -0.217. The van der Waals surface area contributed by atoms with Crippen LogP contribution >= 0.6 is 0 Å². The van der Waals surface area contributed by atoms with Crippen LogP contribution in [0.2, 0.25) is 0 Å². The highest BCUT2D eigenvalue weighted by Crippen LogP contribution is 2.15. The molecule has 1 amide bonds. The molecular weight excluding hydrogens is 318 g/mol. The first-order valence-corrected chi connectivity index (χ1v) is 8.12. The molecule has 0 saturated heterocycles. The molecule has 7 heteroatoms. The largest absolute Gasteiger partial charge is 0.392 e. The van der Waals surface area contributed by atoms with Crippen LogP contribution in [-0.2, 0) is 11.3 Å². The highest BCUT2D eigenvalue weighted by Gasteiger charge is 2.22. The van der Waals surface area contributed by atoms with Crippen molar-refractivity contribution in [2.45, 2.75) is 18.9 Å². The normalized spacial score (nSPS) is 16.5. The summed E-state index contributed by atoms with van der Waals surface area (Å²) in [5.41, 5.74) is 3.12. The third-order valence-corrected chi connectivity index (χ3v) is 4.09. The first-order chi connectivity index (χ1) is 12.3. The van der Waals surface area contributed by atoms with Gasteiger partial charge >= 0.3 is 0 Å². The van der Waals surface area contributed by atoms with Crippen LogP contribution < -0.4 is 5.32 Å². The predicted octanol–water partition coefficient (Wildman–Crippen LogP) is 1.85. The molecule has 0 saturated carbocycles. The van der Waals surface area contributed by atoms with Crippen molar-refractivity contribution in [3.05, 3.63) is 66.1 Å². The first-order valence-electron chi connectivity index (χ1n) is 8.12. The Kier molecular flexibility index (Phi) is 4.12. The van der Waals surface area contributed by atoms with Gasteiger partial charge in [-0.15, -0.1) is 0 Å². The molecule has 1 unspecified atom stereocenters. The van der Waals surface area contributed by atoms with E-state index in [9.17, 15) is 4.79 Å². The number of benzene rings is 1. The lowest BCUT2D eigenvalue weighted by Gasteiger charge is -2.08. The second kappa shape index (κ2) is 6.72. The van der Waals surface area contributed by atoms with E-state index in [0.717, 1.165) is 12.1 Å². The lowest BCUT2D eigenvalue weighted by molar-refractivity contribution is 0.0859. The quantitative estimate of drug-likeness (QED) is 0.771. The molecular formula is C18H17N5O2. The van der Waals surface area contributed by atoms with Crippen molar-refractivity contribution in [1.82, 2.24) is 19.9 Å². The van der Waals surface area contributed by atoms with Crippen LogP contribution in [0.3, 0.4) is 0 Å². The van der Waals surface area contributed by atoms with Gasteiger partial charge in [0.25, 0.3) is 5.91 Å². The minimum absolute atomic E-state index is 0.0213. The minimum Gasteiger partial charge on any atom is -0.392 e. The minimum atomic E-state index is -0.217. The summed E-state index contributed by atoms with van der Waals surface area (Å²) in [4.78, 5) is 21.9. The van der Waals surface area contributed by atoms with Gasteiger partial charge in [0, 0.05) is 12.8 Å². The van der Waals surface area contributed by atoms with Gasteiger partial charge in [0.1, 0.15) is 18.1 Å². The average Bonchev–Trinajstić information content (AvgIpc) is 3.29. The number of rotatable bonds is 5. The van der Waals surface area contributed by atoms with Gasteiger partial charge in [-0.1, -0.05) is 41.6 Å². The molecule has 3 aromatic rings. The fourth-order valence-corrected chi connectivity index (χ4v) is 2.87. The maximum absolute atomic E-state index is 12.4. The van der Waals surface area contributed by atoms with E-state index in [1.54, 1.807) is 18.2 Å². The molecule has 2 aromatic heterocycles. The summed E-state index contributed by atoms with van der Waals surface area (Å²) >= 11 is 0. The smallest absolute Gasteiger partial charge is 0.270 e. The fourth-order valence-electron chi connectivity index (χ4n) is 2.87. The summed E-state index contributed by atoms with van der Waals surface area (Å²) in [6, 6.07) is 15.4. The van der Waals surface area contributed by atoms with E-state index in [-0.39, 0.29) is 12.0 Å². The number of carbonyl (C=O) groups is 1. The molecule has 0 aliphatic carbocycles. The van der Waals surface area contributed by atoms with E-state index in [1.165, 1.54) is 16.4 Å². The number of oxime groups is 1. The Morgan fingerprint density at radius 3 is 2.96 bits per heavy atom. The van der Waals surface area contributed by atoms with E-state index in [2.05, 4.69) is 32.7 Å². The fraction of sp³-hybridized carbons (Fsp3) is 0.222. The molecule has 1 N–H and O–H groups in total. The number of hydrogen-bond acceptors (Lipinski definition) is 5. The third-order valence-electron chi connectivity index (χ3n) is 4.09. The molecule has 0 fully saturated rings. The SMILES string of the molecule is O=C(NCC1=NOC(Cc2ccccc2)C1)c1cccc2ncnn12. The maximum atomic E-state index is 12.4. The standard InChI is InChI=1S/C18H17N5O2/c24-18(16-7-4-8-17-20-12-21-23(16)17)19-11-14-10-15(25-22-14)9-13-5-2-1-3-6-13/h1-8,12,15H,9-11H2,(H,19,24). The molecule has 1 aliphatic rings. The van der Waals surface area contributed by atoms with Gasteiger partial charge in [0.2, 0.25) is 0 Å². The van der Waals surface area contributed by atoms with E-state index in [1.807, 2.05) is 18.2 Å². The molecule has 0 spiro atoms. The highest BCUT2D eigenvalue weighted by molar-refractivity contribution is 5.97. The van der Waals surface area contributed by atoms with Crippen molar-refractivity contribution < 1.29 is 9.63 Å². The molecule has 1 aliphatic heterocycles. The van der Waals surface area contributed by atoms with Crippen molar-refractivity contribution in [2.24, 2.45) is 5.16 Å². The van der Waals surface area contributed by atoms with Gasteiger partial charge in [0.05, 0.1) is 12.3 Å². The van der Waals surface area contributed by atoms with Crippen molar-refractivity contribution >= 4 is 17.3 Å². The number of nitrogens with zero attached hydrogens (tertiary/aromatic N) is 4. The molecule has 1 atom stereocenters. The van der Waals surface area contributed by atoms with Crippen LogP contribution in [0.4, 0.5) is 0 Å².